The van der Waals surface area contributed by atoms with Crippen LogP contribution in [0, 0.1) is 5.92 Å². The van der Waals surface area contributed by atoms with E-state index < -0.39 is 6.10 Å². The van der Waals surface area contributed by atoms with Gasteiger partial charge in [0.1, 0.15) is 17.6 Å². The number of furan rings is 1. The van der Waals surface area contributed by atoms with Gasteiger partial charge in [-0.3, -0.25) is 0 Å². The largest absolute Gasteiger partial charge is 0.463 e. The lowest BCUT2D eigenvalue weighted by atomic mass is 10.1. The van der Waals surface area contributed by atoms with Crippen molar-refractivity contribution in [1.29, 1.82) is 0 Å². The zero-order valence-electron chi connectivity index (χ0n) is 10.8. The third kappa shape index (κ3) is 2.77. The van der Waals surface area contributed by atoms with Crippen LogP contribution in [0.15, 0.2) is 45.3 Å². The van der Waals surface area contributed by atoms with E-state index in [0.717, 1.165) is 21.7 Å². The number of hydrogen-bond donors (Lipinski definition) is 1. The van der Waals surface area contributed by atoms with E-state index in [2.05, 4.69) is 22.9 Å². The van der Waals surface area contributed by atoms with E-state index in [1.54, 1.807) is 0 Å². The van der Waals surface area contributed by atoms with Crippen molar-refractivity contribution in [2.45, 2.75) is 31.8 Å². The van der Waals surface area contributed by atoms with Crippen LogP contribution >= 0.6 is 15.9 Å². The molecule has 1 fully saturated rings. The first-order valence-electron chi connectivity index (χ1n) is 6.66. The van der Waals surface area contributed by atoms with Crippen molar-refractivity contribution in [3.63, 3.8) is 0 Å². The SMILES string of the molecule is CC1CC1c1ccc(C(O)Cc2ccccc2Br)o1. The monoisotopic (exact) mass is 320 g/mol. The molecule has 2 aromatic rings. The number of halogens is 1. The first kappa shape index (κ1) is 12.9. The van der Waals surface area contributed by atoms with Gasteiger partial charge in [-0.05, 0) is 36.1 Å². The average Bonchev–Trinajstić information content (AvgIpc) is 2.93. The lowest BCUT2D eigenvalue weighted by Crippen LogP contribution is -2.01. The Morgan fingerprint density at radius 2 is 2.05 bits per heavy atom. The topological polar surface area (TPSA) is 33.4 Å². The molecule has 1 aromatic carbocycles. The highest BCUT2D eigenvalue weighted by molar-refractivity contribution is 9.10. The van der Waals surface area contributed by atoms with Crippen LogP contribution in [0.5, 0.6) is 0 Å². The Balaban J connectivity index is 1.72. The molecule has 1 heterocycles. The molecule has 2 nitrogen and oxygen atoms in total. The van der Waals surface area contributed by atoms with Gasteiger partial charge in [0.25, 0.3) is 0 Å². The summed E-state index contributed by atoms with van der Waals surface area (Å²) in [6.07, 6.45) is 1.18. The maximum atomic E-state index is 10.3. The fraction of sp³-hybridized carbons (Fsp3) is 0.375. The fourth-order valence-corrected chi connectivity index (χ4v) is 2.88. The van der Waals surface area contributed by atoms with Crippen molar-refractivity contribution in [2.75, 3.05) is 0 Å². The summed E-state index contributed by atoms with van der Waals surface area (Å²) in [4.78, 5) is 0. The average molecular weight is 321 g/mol. The van der Waals surface area contributed by atoms with Crippen LogP contribution in [0.3, 0.4) is 0 Å². The number of hydrogen-bond acceptors (Lipinski definition) is 2. The second-order valence-electron chi connectivity index (χ2n) is 5.37. The van der Waals surface area contributed by atoms with Gasteiger partial charge in [-0.15, -0.1) is 0 Å². The molecule has 19 heavy (non-hydrogen) atoms. The van der Waals surface area contributed by atoms with E-state index >= 15 is 0 Å². The summed E-state index contributed by atoms with van der Waals surface area (Å²) in [5, 5.41) is 10.3. The van der Waals surface area contributed by atoms with Gasteiger partial charge < -0.3 is 9.52 Å². The molecule has 1 aromatic heterocycles. The van der Waals surface area contributed by atoms with Crippen molar-refractivity contribution in [2.24, 2.45) is 5.92 Å². The molecule has 3 atom stereocenters. The summed E-state index contributed by atoms with van der Waals surface area (Å²) in [6, 6.07) is 11.9. The van der Waals surface area contributed by atoms with E-state index in [0.29, 0.717) is 18.1 Å². The summed E-state index contributed by atoms with van der Waals surface area (Å²) < 4.78 is 6.81. The molecular formula is C16H17BrO2. The first-order chi connectivity index (χ1) is 9.15. The van der Waals surface area contributed by atoms with E-state index in [1.807, 2.05) is 36.4 Å². The first-order valence-corrected chi connectivity index (χ1v) is 7.45. The Bertz CT molecular complexity index is 576. The van der Waals surface area contributed by atoms with Crippen LogP contribution in [-0.4, -0.2) is 5.11 Å². The smallest absolute Gasteiger partial charge is 0.133 e. The van der Waals surface area contributed by atoms with E-state index in [-0.39, 0.29) is 0 Å². The van der Waals surface area contributed by atoms with Crippen LogP contribution in [0.1, 0.15) is 42.5 Å². The van der Waals surface area contributed by atoms with Gasteiger partial charge in [0.05, 0.1) is 0 Å². The minimum absolute atomic E-state index is 0.560. The highest BCUT2D eigenvalue weighted by Gasteiger charge is 2.36. The van der Waals surface area contributed by atoms with Crippen molar-refractivity contribution >= 4 is 15.9 Å². The molecule has 1 saturated carbocycles. The van der Waals surface area contributed by atoms with Crippen molar-refractivity contribution in [3.05, 3.63) is 58.0 Å². The van der Waals surface area contributed by atoms with Crippen LogP contribution in [-0.2, 0) is 6.42 Å². The van der Waals surface area contributed by atoms with Gasteiger partial charge >= 0.3 is 0 Å². The van der Waals surface area contributed by atoms with Crippen LogP contribution in [0.25, 0.3) is 0 Å². The molecule has 1 N–H and O–H groups in total. The van der Waals surface area contributed by atoms with Crippen LogP contribution < -0.4 is 0 Å². The zero-order chi connectivity index (χ0) is 13.4. The number of aliphatic hydroxyl groups excluding tert-OH is 1. The van der Waals surface area contributed by atoms with Crippen molar-refractivity contribution < 1.29 is 9.52 Å². The summed E-state index contributed by atoms with van der Waals surface area (Å²) in [7, 11) is 0. The van der Waals surface area contributed by atoms with Crippen LogP contribution in [0.2, 0.25) is 0 Å². The Hall–Kier alpha value is -1.06. The van der Waals surface area contributed by atoms with Gasteiger partial charge in [0, 0.05) is 16.8 Å². The fourth-order valence-electron chi connectivity index (χ4n) is 2.44. The summed E-state index contributed by atoms with van der Waals surface area (Å²) in [6.45, 7) is 2.23. The number of aliphatic hydroxyl groups is 1. The lowest BCUT2D eigenvalue weighted by Gasteiger charge is -2.09. The lowest BCUT2D eigenvalue weighted by molar-refractivity contribution is 0.148. The minimum Gasteiger partial charge on any atom is -0.463 e. The Kier molecular flexibility index (Phi) is 3.50. The maximum absolute atomic E-state index is 10.3. The Morgan fingerprint density at radius 1 is 1.32 bits per heavy atom. The number of rotatable bonds is 4. The molecule has 0 aliphatic heterocycles. The molecule has 3 heteroatoms. The molecule has 0 saturated heterocycles. The molecule has 0 bridgehead atoms. The maximum Gasteiger partial charge on any atom is 0.133 e. The van der Waals surface area contributed by atoms with Crippen molar-refractivity contribution in [3.8, 4) is 0 Å². The molecule has 3 rings (SSSR count). The molecule has 0 amide bonds. The van der Waals surface area contributed by atoms with Crippen molar-refractivity contribution in [1.82, 2.24) is 0 Å². The van der Waals surface area contributed by atoms with Gasteiger partial charge in [0.15, 0.2) is 0 Å². The standard InChI is InChI=1S/C16H17BrO2/c1-10-8-12(10)15-6-7-16(19-15)14(18)9-11-4-2-3-5-13(11)17/h2-7,10,12,14,18H,8-9H2,1H3. The third-order valence-corrected chi connectivity index (χ3v) is 4.60. The molecular weight excluding hydrogens is 304 g/mol. The highest BCUT2D eigenvalue weighted by atomic mass is 79.9. The highest BCUT2D eigenvalue weighted by Crippen LogP contribution is 2.47. The van der Waals surface area contributed by atoms with E-state index in [9.17, 15) is 5.11 Å². The summed E-state index contributed by atoms with van der Waals surface area (Å²) >= 11 is 3.50. The van der Waals surface area contributed by atoms with Gasteiger partial charge in [0.2, 0.25) is 0 Å². The predicted molar refractivity (Wildman–Crippen MR) is 78.0 cm³/mol. The molecule has 0 radical (unpaired) electrons. The quantitative estimate of drug-likeness (QED) is 0.903. The minimum atomic E-state index is -0.582. The molecule has 100 valence electrons. The molecule has 0 spiro atoms. The molecule has 1 aliphatic carbocycles. The predicted octanol–water partition coefficient (Wildman–Crippen LogP) is 4.44. The van der Waals surface area contributed by atoms with Gasteiger partial charge in [-0.2, -0.15) is 0 Å². The van der Waals surface area contributed by atoms with Gasteiger partial charge in [-0.1, -0.05) is 41.1 Å². The van der Waals surface area contributed by atoms with Crippen LogP contribution in [0.4, 0.5) is 0 Å². The second-order valence-corrected chi connectivity index (χ2v) is 6.23. The van der Waals surface area contributed by atoms with E-state index in [1.165, 1.54) is 6.42 Å². The van der Waals surface area contributed by atoms with Gasteiger partial charge in [-0.25, -0.2) is 0 Å². The molecule has 3 unspecified atom stereocenters. The van der Waals surface area contributed by atoms with E-state index in [4.69, 9.17) is 4.42 Å². The summed E-state index contributed by atoms with van der Waals surface area (Å²) in [5.41, 5.74) is 1.09. The summed E-state index contributed by atoms with van der Waals surface area (Å²) in [5.74, 6) is 2.97. The second kappa shape index (κ2) is 5.14. The normalized spacial score (nSPS) is 23.3. The third-order valence-electron chi connectivity index (χ3n) is 3.82. The zero-order valence-corrected chi connectivity index (χ0v) is 12.4. The molecule has 1 aliphatic rings. The Morgan fingerprint density at radius 3 is 2.74 bits per heavy atom. The number of benzene rings is 1. The Labute approximate surface area is 121 Å².